The van der Waals surface area contributed by atoms with Crippen LogP contribution in [-0.4, -0.2) is 15.9 Å². The molecule has 0 saturated heterocycles. The van der Waals surface area contributed by atoms with Gasteiger partial charge in [0.25, 0.3) is 0 Å². The predicted molar refractivity (Wildman–Crippen MR) is 67.9 cm³/mol. The molecular formula is C11H9BrN2O2S. The normalized spacial score (nSPS) is 10.2. The summed E-state index contributed by atoms with van der Waals surface area (Å²) in [7, 11) is 0. The summed E-state index contributed by atoms with van der Waals surface area (Å²) in [5, 5.41) is 0. The fourth-order valence-electron chi connectivity index (χ4n) is 1.20. The smallest absolute Gasteiger partial charge is 0.340 e. The molecule has 0 bridgehead atoms. The molecule has 0 aliphatic heterocycles. The number of carbonyl (C=O) groups excluding carboxylic acids is 1. The summed E-state index contributed by atoms with van der Waals surface area (Å²) < 4.78 is 5.93. The summed E-state index contributed by atoms with van der Waals surface area (Å²) in [4.78, 5) is 20.7. The van der Waals surface area contributed by atoms with Gasteiger partial charge in [0, 0.05) is 16.9 Å². The Hall–Kier alpha value is -1.27. The average Bonchev–Trinajstić information content (AvgIpc) is 2.72. The SMILES string of the molecule is Cc1ncsc1COC(=O)c1cncc(Br)c1. The number of carbonyl (C=O) groups is 1. The largest absolute Gasteiger partial charge is 0.456 e. The maximum Gasteiger partial charge on any atom is 0.340 e. The lowest BCUT2D eigenvalue weighted by Gasteiger charge is -2.03. The van der Waals surface area contributed by atoms with Crippen LogP contribution in [0.15, 0.2) is 28.4 Å². The van der Waals surface area contributed by atoms with Gasteiger partial charge in [0.15, 0.2) is 0 Å². The van der Waals surface area contributed by atoms with E-state index in [-0.39, 0.29) is 12.6 Å². The molecule has 17 heavy (non-hydrogen) atoms. The highest BCUT2D eigenvalue weighted by Crippen LogP contribution is 2.15. The summed E-state index contributed by atoms with van der Waals surface area (Å²) in [6.45, 7) is 2.14. The fourth-order valence-corrected chi connectivity index (χ4v) is 2.26. The summed E-state index contributed by atoms with van der Waals surface area (Å²) in [6, 6.07) is 1.68. The van der Waals surface area contributed by atoms with E-state index < -0.39 is 0 Å². The van der Waals surface area contributed by atoms with E-state index in [0.29, 0.717) is 5.56 Å². The minimum atomic E-state index is -0.383. The van der Waals surface area contributed by atoms with Crippen molar-refractivity contribution in [2.75, 3.05) is 0 Å². The highest BCUT2D eigenvalue weighted by atomic mass is 79.9. The van der Waals surface area contributed by atoms with Crippen LogP contribution in [0.2, 0.25) is 0 Å². The van der Waals surface area contributed by atoms with Gasteiger partial charge in [0.05, 0.1) is 21.6 Å². The van der Waals surface area contributed by atoms with Crippen LogP contribution in [0.3, 0.4) is 0 Å². The van der Waals surface area contributed by atoms with Crippen molar-refractivity contribution in [2.24, 2.45) is 0 Å². The first-order chi connectivity index (χ1) is 8.16. The molecule has 4 nitrogen and oxygen atoms in total. The average molecular weight is 313 g/mol. The van der Waals surface area contributed by atoms with E-state index in [0.717, 1.165) is 15.0 Å². The highest BCUT2D eigenvalue weighted by Gasteiger charge is 2.10. The van der Waals surface area contributed by atoms with Crippen molar-refractivity contribution in [3.05, 3.63) is 44.6 Å². The van der Waals surface area contributed by atoms with Gasteiger partial charge in [0.2, 0.25) is 0 Å². The van der Waals surface area contributed by atoms with E-state index in [1.54, 1.807) is 17.8 Å². The van der Waals surface area contributed by atoms with Crippen molar-refractivity contribution in [1.82, 2.24) is 9.97 Å². The van der Waals surface area contributed by atoms with E-state index in [4.69, 9.17) is 4.74 Å². The van der Waals surface area contributed by atoms with Crippen LogP contribution in [0.1, 0.15) is 20.9 Å². The molecule has 0 aliphatic carbocycles. The van der Waals surface area contributed by atoms with Crippen LogP contribution >= 0.6 is 27.3 Å². The van der Waals surface area contributed by atoms with Crippen LogP contribution in [-0.2, 0) is 11.3 Å². The third-order valence-electron chi connectivity index (χ3n) is 2.12. The monoisotopic (exact) mass is 312 g/mol. The van der Waals surface area contributed by atoms with E-state index in [1.165, 1.54) is 17.5 Å². The number of rotatable bonds is 3. The molecule has 0 spiro atoms. The summed E-state index contributed by atoms with van der Waals surface area (Å²) in [5.41, 5.74) is 3.07. The van der Waals surface area contributed by atoms with Crippen molar-refractivity contribution in [1.29, 1.82) is 0 Å². The molecule has 0 amide bonds. The molecule has 0 atom stereocenters. The van der Waals surface area contributed by atoms with Gasteiger partial charge in [-0.3, -0.25) is 4.98 Å². The number of hydrogen-bond acceptors (Lipinski definition) is 5. The van der Waals surface area contributed by atoms with E-state index in [2.05, 4.69) is 25.9 Å². The zero-order valence-electron chi connectivity index (χ0n) is 9.01. The molecule has 0 aliphatic rings. The first-order valence-corrected chi connectivity index (χ1v) is 6.50. The maximum atomic E-state index is 11.7. The zero-order chi connectivity index (χ0) is 12.3. The minimum absolute atomic E-state index is 0.252. The summed E-state index contributed by atoms with van der Waals surface area (Å²) >= 11 is 4.73. The highest BCUT2D eigenvalue weighted by molar-refractivity contribution is 9.10. The Morgan fingerprint density at radius 2 is 2.35 bits per heavy atom. The summed E-state index contributed by atoms with van der Waals surface area (Å²) in [5.74, 6) is -0.383. The standard InChI is InChI=1S/C11H9BrN2O2S/c1-7-10(17-6-14-7)5-16-11(15)8-2-9(12)4-13-3-8/h2-4,6H,5H2,1H3. The predicted octanol–water partition coefficient (Wildman–Crippen LogP) is 2.97. The van der Waals surface area contributed by atoms with Gasteiger partial charge < -0.3 is 4.74 Å². The number of ether oxygens (including phenoxy) is 1. The fraction of sp³-hybridized carbons (Fsp3) is 0.182. The number of aryl methyl sites for hydroxylation is 1. The number of hydrogen-bond donors (Lipinski definition) is 0. The molecule has 6 heteroatoms. The van der Waals surface area contributed by atoms with Gasteiger partial charge in [-0.15, -0.1) is 11.3 Å². The number of nitrogens with zero attached hydrogens (tertiary/aromatic N) is 2. The van der Waals surface area contributed by atoms with Crippen molar-refractivity contribution < 1.29 is 9.53 Å². The Kier molecular flexibility index (Phi) is 3.86. The molecule has 0 aromatic carbocycles. The number of halogens is 1. The Morgan fingerprint density at radius 1 is 1.53 bits per heavy atom. The molecule has 0 radical (unpaired) electrons. The van der Waals surface area contributed by atoms with Crippen LogP contribution in [0.25, 0.3) is 0 Å². The van der Waals surface area contributed by atoms with Crippen molar-refractivity contribution in [2.45, 2.75) is 13.5 Å². The zero-order valence-corrected chi connectivity index (χ0v) is 11.4. The molecule has 0 saturated carbocycles. The van der Waals surface area contributed by atoms with Crippen LogP contribution in [0, 0.1) is 6.92 Å². The van der Waals surface area contributed by atoms with E-state index >= 15 is 0 Å². The van der Waals surface area contributed by atoms with Crippen molar-refractivity contribution in [3.8, 4) is 0 Å². The maximum absolute atomic E-state index is 11.7. The third kappa shape index (κ3) is 3.10. The lowest BCUT2D eigenvalue weighted by Crippen LogP contribution is -2.05. The van der Waals surface area contributed by atoms with Crippen LogP contribution in [0.5, 0.6) is 0 Å². The molecule has 2 rings (SSSR count). The third-order valence-corrected chi connectivity index (χ3v) is 3.46. The summed E-state index contributed by atoms with van der Waals surface area (Å²) in [6.07, 6.45) is 3.09. The first kappa shape index (κ1) is 12.2. The molecule has 88 valence electrons. The molecule has 0 unspecified atom stereocenters. The van der Waals surface area contributed by atoms with E-state index in [9.17, 15) is 4.79 Å². The van der Waals surface area contributed by atoms with Crippen molar-refractivity contribution in [3.63, 3.8) is 0 Å². The Labute approximate surface area is 111 Å². The number of esters is 1. The first-order valence-electron chi connectivity index (χ1n) is 4.83. The van der Waals surface area contributed by atoms with Gasteiger partial charge in [-0.05, 0) is 28.9 Å². The van der Waals surface area contributed by atoms with E-state index in [1.807, 2.05) is 6.92 Å². The second kappa shape index (κ2) is 5.37. The lowest BCUT2D eigenvalue weighted by molar-refractivity contribution is 0.0475. The quantitative estimate of drug-likeness (QED) is 0.818. The molecule has 2 aromatic rings. The molecule has 0 fully saturated rings. The van der Waals surface area contributed by atoms with Crippen LogP contribution < -0.4 is 0 Å². The van der Waals surface area contributed by atoms with Gasteiger partial charge >= 0.3 is 5.97 Å². The molecule has 2 heterocycles. The molecular weight excluding hydrogens is 304 g/mol. The van der Waals surface area contributed by atoms with Crippen LogP contribution in [0.4, 0.5) is 0 Å². The number of pyridine rings is 1. The Bertz CT molecular complexity index is 542. The minimum Gasteiger partial charge on any atom is -0.456 e. The topological polar surface area (TPSA) is 52.1 Å². The Morgan fingerprint density at radius 3 is 3.00 bits per heavy atom. The van der Waals surface area contributed by atoms with Gasteiger partial charge in [-0.25, -0.2) is 9.78 Å². The second-order valence-corrected chi connectivity index (χ2v) is 5.18. The van der Waals surface area contributed by atoms with Gasteiger partial charge in [-0.1, -0.05) is 0 Å². The Balaban J connectivity index is 2.01. The van der Waals surface area contributed by atoms with Gasteiger partial charge in [0.1, 0.15) is 6.61 Å². The second-order valence-electron chi connectivity index (χ2n) is 3.33. The lowest BCUT2D eigenvalue weighted by atomic mass is 10.3. The number of thiazole rings is 1. The van der Waals surface area contributed by atoms with Crippen molar-refractivity contribution >= 4 is 33.2 Å². The number of aromatic nitrogens is 2. The molecule has 0 N–H and O–H groups in total. The molecule has 2 aromatic heterocycles. The van der Waals surface area contributed by atoms with Gasteiger partial charge in [-0.2, -0.15) is 0 Å².